The van der Waals surface area contributed by atoms with Crippen molar-refractivity contribution in [2.75, 3.05) is 38.0 Å². The number of hydrogen-bond acceptors (Lipinski definition) is 5. The van der Waals surface area contributed by atoms with Crippen molar-refractivity contribution >= 4 is 23.2 Å². The molecular weight excluding hydrogens is 446 g/mol. The number of amides is 1. The Morgan fingerprint density at radius 1 is 1.09 bits per heavy atom. The minimum Gasteiger partial charge on any atom is -0.356 e. The molecule has 34 heavy (non-hydrogen) atoms. The maximum atomic E-state index is 12.6. The lowest BCUT2D eigenvalue weighted by Crippen LogP contribution is -2.50. The first kappa shape index (κ1) is 24.6. The molecule has 0 aromatic heterocycles. The van der Waals surface area contributed by atoms with Crippen LogP contribution in [-0.2, 0) is 6.42 Å². The predicted molar refractivity (Wildman–Crippen MR) is 140 cm³/mol. The van der Waals surface area contributed by atoms with E-state index in [1.165, 1.54) is 19.3 Å². The summed E-state index contributed by atoms with van der Waals surface area (Å²) in [6, 6.07) is 16.3. The Balaban J connectivity index is 1.36. The Morgan fingerprint density at radius 3 is 2.59 bits per heavy atom. The van der Waals surface area contributed by atoms with Crippen LogP contribution < -0.4 is 21.3 Å². The fourth-order valence-electron chi connectivity index (χ4n) is 4.52. The zero-order chi connectivity index (χ0) is 23.8. The van der Waals surface area contributed by atoms with Gasteiger partial charge in [-0.2, -0.15) is 0 Å². The van der Waals surface area contributed by atoms with Crippen molar-refractivity contribution in [3.05, 3.63) is 76.6 Å². The number of carbonyl (C=O) groups is 1. The monoisotopic (exact) mass is 481 g/mol. The second-order valence-corrected chi connectivity index (χ2v) is 9.68. The largest absolute Gasteiger partial charge is 0.356 e. The van der Waals surface area contributed by atoms with E-state index >= 15 is 0 Å². The standard InChI is InChI=1S/C27H36ClN5O/c1-20-19-33(17-16-29-20)26(18-25-4-2-3-14-30-25)32-24-11-7-22(8-12-24)27(34)31-15-13-21-5-9-23(28)10-6-21/h5-12,18,20,25,29-30,32H,2-4,13-17,19H2,1H3,(H,31,34)/b26-18-/t20-,25?/m0/s1. The Morgan fingerprint density at radius 2 is 1.88 bits per heavy atom. The summed E-state index contributed by atoms with van der Waals surface area (Å²) in [5.41, 5.74) is 2.81. The van der Waals surface area contributed by atoms with Crippen molar-refractivity contribution < 1.29 is 4.79 Å². The lowest BCUT2D eigenvalue weighted by atomic mass is 10.0. The second-order valence-electron chi connectivity index (χ2n) is 9.24. The maximum absolute atomic E-state index is 12.6. The van der Waals surface area contributed by atoms with Crippen LogP contribution in [0.1, 0.15) is 42.1 Å². The number of carbonyl (C=O) groups excluding carboxylic acids is 1. The molecule has 2 aromatic carbocycles. The molecule has 0 aliphatic carbocycles. The number of rotatable bonds is 8. The van der Waals surface area contributed by atoms with E-state index in [1.807, 2.05) is 48.5 Å². The highest BCUT2D eigenvalue weighted by molar-refractivity contribution is 6.30. The average molecular weight is 482 g/mol. The lowest BCUT2D eigenvalue weighted by molar-refractivity contribution is 0.0954. The van der Waals surface area contributed by atoms with Gasteiger partial charge in [0.15, 0.2) is 0 Å². The number of anilines is 1. The molecule has 4 N–H and O–H groups in total. The van der Waals surface area contributed by atoms with Gasteiger partial charge in [0.2, 0.25) is 0 Å². The molecule has 2 aliphatic heterocycles. The zero-order valence-electron chi connectivity index (χ0n) is 19.9. The number of nitrogens with zero attached hydrogens (tertiary/aromatic N) is 1. The molecule has 182 valence electrons. The summed E-state index contributed by atoms with van der Waals surface area (Å²) in [4.78, 5) is 15.0. The van der Waals surface area contributed by atoms with Gasteiger partial charge in [-0.25, -0.2) is 0 Å². The summed E-state index contributed by atoms with van der Waals surface area (Å²) in [7, 11) is 0. The van der Waals surface area contributed by atoms with Gasteiger partial charge in [-0.1, -0.05) is 30.2 Å². The van der Waals surface area contributed by atoms with Gasteiger partial charge in [-0.15, -0.1) is 0 Å². The maximum Gasteiger partial charge on any atom is 0.251 e. The molecule has 0 spiro atoms. The number of nitrogens with one attached hydrogen (secondary N) is 4. The number of benzene rings is 2. The van der Waals surface area contributed by atoms with Crippen molar-refractivity contribution in [2.24, 2.45) is 0 Å². The predicted octanol–water partition coefficient (Wildman–Crippen LogP) is 4.00. The van der Waals surface area contributed by atoms with Crippen molar-refractivity contribution in [2.45, 2.75) is 44.7 Å². The second kappa shape index (κ2) is 12.2. The van der Waals surface area contributed by atoms with E-state index in [0.29, 0.717) is 24.2 Å². The summed E-state index contributed by atoms with van der Waals surface area (Å²) in [5.74, 6) is 1.09. The Kier molecular flexibility index (Phi) is 8.85. The quantitative estimate of drug-likeness (QED) is 0.459. The van der Waals surface area contributed by atoms with Crippen LogP contribution in [0.3, 0.4) is 0 Å². The van der Waals surface area contributed by atoms with E-state index < -0.39 is 0 Å². The van der Waals surface area contributed by atoms with E-state index in [-0.39, 0.29) is 5.91 Å². The van der Waals surface area contributed by atoms with Crippen LogP contribution in [0.2, 0.25) is 5.02 Å². The molecule has 2 aliphatic rings. The topological polar surface area (TPSA) is 68.4 Å². The number of halogens is 1. The summed E-state index contributed by atoms with van der Waals surface area (Å²) < 4.78 is 0. The fraction of sp³-hybridized carbons (Fsp3) is 0.444. The molecular formula is C27H36ClN5O. The van der Waals surface area contributed by atoms with Crippen LogP contribution in [-0.4, -0.2) is 55.6 Å². The van der Waals surface area contributed by atoms with Crippen LogP contribution in [0.25, 0.3) is 0 Å². The summed E-state index contributed by atoms with van der Waals surface area (Å²) in [6.45, 7) is 6.82. The third-order valence-corrected chi connectivity index (χ3v) is 6.70. The molecule has 2 fully saturated rings. The SMILES string of the molecule is C[C@H]1CN(/C(=C\C2CCCCN2)Nc2ccc(C(=O)NCCc3ccc(Cl)cc3)cc2)CCN1. The first-order valence-electron chi connectivity index (χ1n) is 12.4. The normalized spacial score (nSPS) is 21.2. The summed E-state index contributed by atoms with van der Waals surface area (Å²) >= 11 is 5.93. The van der Waals surface area contributed by atoms with Crippen LogP contribution in [0.4, 0.5) is 5.69 Å². The number of piperazine rings is 1. The highest BCUT2D eigenvalue weighted by Gasteiger charge is 2.20. The molecule has 4 rings (SSSR count). The van der Waals surface area contributed by atoms with Gasteiger partial charge < -0.3 is 26.2 Å². The molecule has 7 heteroatoms. The molecule has 2 atom stereocenters. The van der Waals surface area contributed by atoms with Crippen molar-refractivity contribution in [1.29, 1.82) is 0 Å². The first-order chi connectivity index (χ1) is 16.6. The van der Waals surface area contributed by atoms with Gasteiger partial charge in [-0.05, 0) is 80.8 Å². The van der Waals surface area contributed by atoms with Crippen LogP contribution >= 0.6 is 11.6 Å². The summed E-state index contributed by atoms with van der Waals surface area (Å²) in [5, 5.41) is 14.5. The highest BCUT2D eigenvalue weighted by atomic mass is 35.5. The van der Waals surface area contributed by atoms with E-state index in [4.69, 9.17) is 11.6 Å². The fourth-order valence-corrected chi connectivity index (χ4v) is 4.64. The third kappa shape index (κ3) is 7.23. The van der Waals surface area contributed by atoms with E-state index in [9.17, 15) is 4.79 Å². The molecule has 1 unspecified atom stereocenters. The number of piperidine rings is 1. The van der Waals surface area contributed by atoms with Gasteiger partial charge in [0.1, 0.15) is 5.82 Å². The molecule has 2 saturated heterocycles. The van der Waals surface area contributed by atoms with Crippen LogP contribution in [0.5, 0.6) is 0 Å². The van der Waals surface area contributed by atoms with E-state index in [0.717, 1.165) is 54.7 Å². The van der Waals surface area contributed by atoms with Gasteiger partial charge in [0.25, 0.3) is 5.91 Å². The Labute approximate surface area is 208 Å². The smallest absolute Gasteiger partial charge is 0.251 e. The van der Waals surface area contributed by atoms with E-state index in [1.54, 1.807) is 0 Å². The lowest BCUT2D eigenvalue weighted by Gasteiger charge is -2.36. The minimum atomic E-state index is -0.0568. The van der Waals surface area contributed by atoms with Crippen molar-refractivity contribution in [1.82, 2.24) is 20.9 Å². The Bertz CT molecular complexity index is 954. The first-order valence-corrected chi connectivity index (χ1v) is 12.8. The molecule has 1 amide bonds. The van der Waals surface area contributed by atoms with Gasteiger partial charge in [0, 0.05) is 54.5 Å². The molecule has 6 nitrogen and oxygen atoms in total. The molecule has 0 radical (unpaired) electrons. The zero-order valence-corrected chi connectivity index (χ0v) is 20.7. The molecule has 2 heterocycles. The molecule has 0 bridgehead atoms. The van der Waals surface area contributed by atoms with Gasteiger partial charge >= 0.3 is 0 Å². The Hall–Kier alpha value is -2.54. The van der Waals surface area contributed by atoms with Crippen molar-refractivity contribution in [3.63, 3.8) is 0 Å². The van der Waals surface area contributed by atoms with Crippen LogP contribution in [0, 0.1) is 0 Å². The van der Waals surface area contributed by atoms with Crippen LogP contribution in [0.15, 0.2) is 60.4 Å². The average Bonchev–Trinajstić information content (AvgIpc) is 2.86. The third-order valence-electron chi connectivity index (χ3n) is 6.45. The summed E-state index contributed by atoms with van der Waals surface area (Å²) in [6.07, 6.45) is 6.80. The minimum absolute atomic E-state index is 0.0568. The van der Waals surface area contributed by atoms with Crippen molar-refractivity contribution in [3.8, 4) is 0 Å². The van der Waals surface area contributed by atoms with E-state index in [2.05, 4.69) is 39.2 Å². The highest BCUT2D eigenvalue weighted by Crippen LogP contribution is 2.19. The van der Waals surface area contributed by atoms with Gasteiger partial charge in [0.05, 0.1) is 0 Å². The number of hydrogen-bond donors (Lipinski definition) is 4. The van der Waals surface area contributed by atoms with Gasteiger partial charge in [-0.3, -0.25) is 4.79 Å². The molecule has 2 aromatic rings. The molecule has 0 saturated carbocycles.